The van der Waals surface area contributed by atoms with Crippen LogP contribution in [0, 0.1) is 0 Å². The van der Waals surface area contributed by atoms with Gasteiger partial charge in [0.1, 0.15) is 11.5 Å². The van der Waals surface area contributed by atoms with Crippen molar-refractivity contribution in [3.05, 3.63) is 22.8 Å². The third-order valence-electron chi connectivity index (χ3n) is 3.25. The monoisotopic (exact) mass is 281 g/mol. The lowest BCUT2D eigenvalue weighted by molar-refractivity contribution is 0.0718. The fourth-order valence-electron chi connectivity index (χ4n) is 2.19. The Bertz CT molecular complexity index is 444. The van der Waals surface area contributed by atoms with E-state index >= 15 is 0 Å². The molecule has 19 heavy (non-hydrogen) atoms. The van der Waals surface area contributed by atoms with E-state index in [0.29, 0.717) is 16.5 Å². The molecular weight excluding hydrogens is 262 g/mol. The predicted octanol–water partition coefficient (Wildman–Crippen LogP) is 3.18. The molecule has 1 aromatic heterocycles. The van der Waals surface area contributed by atoms with E-state index in [1.165, 1.54) is 6.42 Å². The van der Waals surface area contributed by atoms with Crippen LogP contribution in [0.25, 0.3) is 0 Å². The maximum absolute atomic E-state index is 12.4. The highest BCUT2D eigenvalue weighted by molar-refractivity contribution is 6.33. The Kier molecular flexibility index (Phi) is 5.02. The summed E-state index contributed by atoms with van der Waals surface area (Å²) in [4.78, 5) is 18.6. The molecule has 1 saturated heterocycles. The molecule has 4 nitrogen and oxygen atoms in total. The van der Waals surface area contributed by atoms with E-state index in [1.54, 1.807) is 6.07 Å². The number of halogens is 1. The average Bonchev–Trinajstić information content (AvgIpc) is 2.46. The number of hydrogen-bond acceptors (Lipinski definition) is 3. The molecule has 2 heterocycles. The number of piperidine rings is 1. The van der Waals surface area contributed by atoms with Crippen LogP contribution in [0.4, 0.5) is 5.82 Å². The topological polar surface area (TPSA) is 45.2 Å². The summed E-state index contributed by atoms with van der Waals surface area (Å²) in [6.07, 6.45) is 4.34. The number of likely N-dealkylation sites (tertiary alicyclic amines) is 1. The molecule has 0 unspecified atom stereocenters. The molecule has 1 aliphatic rings. The zero-order valence-corrected chi connectivity index (χ0v) is 12.0. The quantitative estimate of drug-likeness (QED) is 0.922. The summed E-state index contributed by atoms with van der Waals surface area (Å²) in [6.45, 7) is 4.54. The number of pyridine rings is 1. The first kappa shape index (κ1) is 14.1. The largest absolute Gasteiger partial charge is 0.370 e. The van der Waals surface area contributed by atoms with Gasteiger partial charge in [-0.3, -0.25) is 4.79 Å². The molecule has 0 saturated carbocycles. The number of nitrogens with one attached hydrogen (secondary N) is 1. The van der Waals surface area contributed by atoms with E-state index in [4.69, 9.17) is 11.6 Å². The molecule has 0 radical (unpaired) electrons. The van der Waals surface area contributed by atoms with E-state index in [1.807, 2.05) is 11.0 Å². The Morgan fingerprint density at radius 2 is 2.11 bits per heavy atom. The molecule has 0 aromatic carbocycles. The second kappa shape index (κ2) is 6.75. The van der Waals surface area contributed by atoms with E-state index in [2.05, 4.69) is 17.2 Å². The first-order valence-electron chi connectivity index (χ1n) is 6.92. The summed E-state index contributed by atoms with van der Waals surface area (Å²) >= 11 is 6.11. The van der Waals surface area contributed by atoms with E-state index in [0.717, 1.165) is 38.9 Å². The predicted molar refractivity (Wildman–Crippen MR) is 77.8 cm³/mol. The SMILES string of the molecule is CCCNc1ccc(Cl)c(C(=O)N2CCCCC2)n1. The van der Waals surface area contributed by atoms with Gasteiger partial charge < -0.3 is 10.2 Å². The van der Waals surface area contributed by atoms with Gasteiger partial charge in [-0.15, -0.1) is 0 Å². The molecule has 104 valence electrons. The van der Waals surface area contributed by atoms with Crippen LogP contribution >= 0.6 is 11.6 Å². The average molecular weight is 282 g/mol. The van der Waals surface area contributed by atoms with Crippen LogP contribution < -0.4 is 5.32 Å². The van der Waals surface area contributed by atoms with E-state index in [9.17, 15) is 4.79 Å². The molecule has 1 aromatic rings. The van der Waals surface area contributed by atoms with Gasteiger partial charge in [0.05, 0.1) is 5.02 Å². The van der Waals surface area contributed by atoms with Crippen LogP contribution in [0.5, 0.6) is 0 Å². The number of aromatic nitrogens is 1. The molecule has 0 spiro atoms. The number of carbonyl (C=O) groups excluding carboxylic acids is 1. The maximum atomic E-state index is 12.4. The lowest BCUT2D eigenvalue weighted by Gasteiger charge is -2.26. The summed E-state index contributed by atoms with van der Waals surface area (Å²) < 4.78 is 0. The van der Waals surface area contributed by atoms with Gasteiger partial charge in [-0.05, 0) is 37.8 Å². The summed E-state index contributed by atoms with van der Waals surface area (Å²) in [6, 6.07) is 3.55. The number of carbonyl (C=O) groups is 1. The van der Waals surface area contributed by atoms with Crippen molar-refractivity contribution in [3.63, 3.8) is 0 Å². The van der Waals surface area contributed by atoms with E-state index in [-0.39, 0.29) is 5.91 Å². The van der Waals surface area contributed by atoms with Crippen LogP contribution in [-0.4, -0.2) is 35.4 Å². The molecule has 1 fully saturated rings. The fourth-order valence-corrected chi connectivity index (χ4v) is 2.38. The number of nitrogens with zero attached hydrogens (tertiary/aromatic N) is 2. The third kappa shape index (κ3) is 3.60. The molecule has 1 amide bonds. The molecule has 1 aliphatic heterocycles. The van der Waals surface area contributed by atoms with Gasteiger partial charge >= 0.3 is 0 Å². The molecule has 0 atom stereocenters. The standard InChI is InChI=1S/C14H20ClN3O/c1-2-8-16-12-7-6-11(15)13(17-12)14(19)18-9-4-3-5-10-18/h6-7H,2-5,8-10H2,1H3,(H,16,17). The zero-order valence-electron chi connectivity index (χ0n) is 11.3. The highest BCUT2D eigenvalue weighted by Gasteiger charge is 2.21. The lowest BCUT2D eigenvalue weighted by Crippen LogP contribution is -2.36. The Hall–Kier alpha value is -1.29. The molecular formula is C14H20ClN3O. The van der Waals surface area contributed by atoms with Crippen molar-refractivity contribution in [2.45, 2.75) is 32.6 Å². The Morgan fingerprint density at radius 3 is 2.79 bits per heavy atom. The molecule has 0 aliphatic carbocycles. The molecule has 1 N–H and O–H groups in total. The minimum absolute atomic E-state index is 0.0511. The van der Waals surface area contributed by atoms with Gasteiger partial charge in [-0.25, -0.2) is 4.98 Å². The first-order chi connectivity index (χ1) is 9.22. The van der Waals surface area contributed by atoms with Crippen molar-refractivity contribution < 1.29 is 4.79 Å². The Balaban J connectivity index is 2.14. The fraction of sp³-hybridized carbons (Fsp3) is 0.571. The number of hydrogen-bond donors (Lipinski definition) is 1. The van der Waals surface area contributed by atoms with Gasteiger partial charge in [0.15, 0.2) is 0 Å². The summed E-state index contributed by atoms with van der Waals surface area (Å²) in [7, 11) is 0. The second-order valence-electron chi connectivity index (χ2n) is 4.81. The van der Waals surface area contributed by atoms with Gasteiger partial charge in [0.25, 0.3) is 5.91 Å². The van der Waals surface area contributed by atoms with Crippen LogP contribution in [0.2, 0.25) is 5.02 Å². The van der Waals surface area contributed by atoms with Crippen LogP contribution in [0.15, 0.2) is 12.1 Å². The molecule has 0 bridgehead atoms. The van der Waals surface area contributed by atoms with Gasteiger partial charge in [-0.1, -0.05) is 18.5 Å². The number of amides is 1. The van der Waals surface area contributed by atoms with Crippen molar-refractivity contribution in [2.75, 3.05) is 25.0 Å². The summed E-state index contributed by atoms with van der Waals surface area (Å²) in [5.41, 5.74) is 0.365. The summed E-state index contributed by atoms with van der Waals surface area (Å²) in [5.74, 6) is 0.663. The van der Waals surface area contributed by atoms with Crippen LogP contribution in [0.1, 0.15) is 43.1 Å². The highest BCUT2D eigenvalue weighted by atomic mass is 35.5. The Morgan fingerprint density at radius 1 is 1.37 bits per heavy atom. The molecule has 5 heteroatoms. The smallest absolute Gasteiger partial charge is 0.274 e. The lowest BCUT2D eigenvalue weighted by atomic mass is 10.1. The van der Waals surface area contributed by atoms with Crippen molar-refractivity contribution in [3.8, 4) is 0 Å². The van der Waals surface area contributed by atoms with Gasteiger partial charge in [0.2, 0.25) is 0 Å². The highest BCUT2D eigenvalue weighted by Crippen LogP contribution is 2.20. The van der Waals surface area contributed by atoms with Crippen molar-refractivity contribution in [1.29, 1.82) is 0 Å². The number of rotatable bonds is 4. The van der Waals surface area contributed by atoms with Gasteiger partial charge in [-0.2, -0.15) is 0 Å². The van der Waals surface area contributed by atoms with Crippen molar-refractivity contribution in [1.82, 2.24) is 9.88 Å². The van der Waals surface area contributed by atoms with E-state index < -0.39 is 0 Å². The third-order valence-corrected chi connectivity index (χ3v) is 3.55. The van der Waals surface area contributed by atoms with Crippen LogP contribution in [0.3, 0.4) is 0 Å². The zero-order chi connectivity index (χ0) is 13.7. The van der Waals surface area contributed by atoms with Gasteiger partial charge in [0, 0.05) is 19.6 Å². The Labute approximate surface area is 119 Å². The van der Waals surface area contributed by atoms with Crippen LogP contribution in [-0.2, 0) is 0 Å². The minimum Gasteiger partial charge on any atom is -0.370 e. The maximum Gasteiger partial charge on any atom is 0.274 e. The first-order valence-corrected chi connectivity index (χ1v) is 7.30. The van der Waals surface area contributed by atoms with Crippen molar-refractivity contribution in [2.24, 2.45) is 0 Å². The molecule has 2 rings (SSSR count). The normalized spacial score (nSPS) is 15.4. The number of anilines is 1. The van der Waals surface area contributed by atoms with Crippen molar-refractivity contribution >= 4 is 23.3 Å². The second-order valence-corrected chi connectivity index (χ2v) is 5.21. The summed E-state index contributed by atoms with van der Waals surface area (Å²) in [5, 5.41) is 3.61. The minimum atomic E-state index is -0.0511.